The summed E-state index contributed by atoms with van der Waals surface area (Å²) < 4.78 is 0. The maximum Gasteiger partial charge on any atom is 0.239 e. The van der Waals surface area contributed by atoms with Gasteiger partial charge in [0.05, 0.1) is 6.04 Å². The van der Waals surface area contributed by atoms with Gasteiger partial charge in [-0.15, -0.1) is 0 Å². The lowest BCUT2D eigenvalue weighted by molar-refractivity contribution is -0.145. The molecule has 4 rings (SSSR count). The first-order valence-corrected chi connectivity index (χ1v) is 10.7. The van der Waals surface area contributed by atoms with E-state index in [1.54, 1.807) is 6.20 Å². The van der Waals surface area contributed by atoms with E-state index >= 15 is 0 Å². The number of pyridine rings is 1. The van der Waals surface area contributed by atoms with Crippen molar-refractivity contribution in [3.8, 4) is 0 Å². The Hall–Kier alpha value is -1.95. The molecule has 3 aliphatic heterocycles. The second-order valence-electron chi connectivity index (χ2n) is 8.93. The van der Waals surface area contributed by atoms with Gasteiger partial charge in [-0.25, -0.2) is 0 Å². The molecule has 0 N–H and O–H groups in total. The minimum atomic E-state index is 0.0674. The molecule has 2 amide bonds. The van der Waals surface area contributed by atoms with Gasteiger partial charge in [-0.1, -0.05) is 12.5 Å². The van der Waals surface area contributed by atoms with Gasteiger partial charge in [0.15, 0.2) is 0 Å². The molecule has 1 aromatic rings. The maximum atomic E-state index is 13.0. The van der Waals surface area contributed by atoms with Crippen molar-refractivity contribution >= 4 is 11.8 Å². The molecule has 6 nitrogen and oxygen atoms in total. The van der Waals surface area contributed by atoms with Crippen molar-refractivity contribution < 1.29 is 9.59 Å². The molecule has 0 unspecified atom stereocenters. The number of carbonyl (C=O) groups excluding carboxylic acids is 2. The van der Waals surface area contributed by atoms with E-state index in [0.29, 0.717) is 18.9 Å². The number of likely N-dealkylation sites (N-methyl/N-ethyl adjacent to an activating group) is 1. The number of nitrogens with zero attached hydrogens (tertiary/aromatic N) is 4. The maximum absolute atomic E-state index is 13.0. The molecule has 28 heavy (non-hydrogen) atoms. The zero-order valence-electron chi connectivity index (χ0n) is 17.0. The average molecular weight is 385 g/mol. The normalized spacial score (nSPS) is 25.9. The predicted molar refractivity (Wildman–Crippen MR) is 107 cm³/mol. The Morgan fingerprint density at radius 1 is 1.21 bits per heavy atom. The molecular weight excluding hydrogens is 352 g/mol. The number of hydrogen-bond donors (Lipinski definition) is 0. The van der Waals surface area contributed by atoms with Gasteiger partial charge in [0.1, 0.15) is 0 Å². The second-order valence-corrected chi connectivity index (χ2v) is 8.93. The molecule has 4 heterocycles. The highest BCUT2D eigenvalue weighted by atomic mass is 16.2. The van der Waals surface area contributed by atoms with Crippen molar-refractivity contribution in [3.63, 3.8) is 0 Å². The van der Waals surface area contributed by atoms with Crippen LogP contribution in [0.15, 0.2) is 24.5 Å². The Morgan fingerprint density at radius 2 is 2.04 bits per heavy atom. The summed E-state index contributed by atoms with van der Waals surface area (Å²) in [5, 5.41) is 0. The van der Waals surface area contributed by atoms with Crippen LogP contribution in [0.4, 0.5) is 0 Å². The van der Waals surface area contributed by atoms with E-state index in [4.69, 9.17) is 0 Å². The predicted octanol–water partition coefficient (Wildman–Crippen LogP) is 2.30. The Labute approximate surface area is 167 Å². The molecule has 0 bridgehead atoms. The van der Waals surface area contributed by atoms with Crippen LogP contribution in [0.1, 0.15) is 50.5 Å². The van der Waals surface area contributed by atoms with Gasteiger partial charge < -0.3 is 9.80 Å². The molecule has 152 valence electrons. The van der Waals surface area contributed by atoms with Crippen LogP contribution in [0, 0.1) is 5.41 Å². The van der Waals surface area contributed by atoms with Crippen LogP contribution in [0.25, 0.3) is 0 Å². The van der Waals surface area contributed by atoms with E-state index in [9.17, 15) is 9.59 Å². The first kappa shape index (κ1) is 19.4. The summed E-state index contributed by atoms with van der Waals surface area (Å²) >= 11 is 0. The molecule has 1 spiro atoms. The van der Waals surface area contributed by atoms with Gasteiger partial charge >= 0.3 is 0 Å². The van der Waals surface area contributed by atoms with Gasteiger partial charge in [0.2, 0.25) is 11.8 Å². The lowest BCUT2D eigenvalue weighted by atomic mass is 9.72. The van der Waals surface area contributed by atoms with Crippen molar-refractivity contribution in [3.05, 3.63) is 30.1 Å². The molecule has 0 saturated carbocycles. The fourth-order valence-corrected chi connectivity index (χ4v) is 5.17. The molecule has 3 aliphatic rings. The molecule has 3 saturated heterocycles. The summed E-state index contributed by atoms with van der Waals surface area (Å²) in [5.41, 5.74) is 1.26. The zero-order valence-corrected chi connectivity index (χ0v) is 17.0. The summed E-state index contributed by atoms with van der Waals surface area (Å²) in [5.74, 6) is 0.563. The molecule has 0 aliphatic carbocycles. The van der Waals surface area contributed by atoms with E-state index < -0.39 is 0 Å². The SMILES string of the molecule is CN1CCCC[C@H]1C(=O)N1CCC2(CCC(=O)N(Cc3cccnc3)C2)CC1. The Kier molecular flexibility index (Phi) is 5.67. The first-order chi connectivity index (χ1) is 13.6. The fourth-order valence-electron chi connectivity index (χ4n) is 5.17. The minimum absolute atomic E-state index is 0.0674. The third-order valence-electron chi connectivity index (χ3n) is 7.04. The number of hydrogen-bond acceptors (Lipinski definition) is 4. The molecular formula is C22H32N4O2. The second kappa shape index (κ2) is 8.19. The largest absolute Gasteiger partial charge is 0.341 e. The smallest absolute Gasteiger partial charge is 0.239 e. The first-order valence-electron chi connectivity index (χ1n) is 10.7. The van der Waals surface area contributed by atoms with Crippen LogP contribution < -0.4 is 0 Å². The summed E-state index contributed by atoms with van der Waals surface area (Å²) in [6.07, 6.45) is 10.5. The third-order valence-corrected chi connectivity index (χ3v) is 7.04. The van der Waals surface area contributed by atoms with Crippen molar-refractivity contribution in [2.24, 2.45) is 5.41 Å². The summed E-state index contributed by atoms with van der Waals surface area (Å²) in [6, 6.07) is 4.02. The van der Waals surface area contributed by atoms with E-state index in [2.05, 4.69) is 21.8 Å². The third kappa shape index (κ3) is 4.07. The van der Waals surface area contributed by atoms with E-state index in [1.165, 1.54) is 6.42 Å². The number of aromatic nitrogens is 1. The topological polar surface area (TPSA) is 56.8 Å². The van der Waals surface area contributed by atoms with Crippen LogP contribution in [-0.4, -0.2) is 70.8 Å². The molecule has 3 fully saturated rings. The highest BCUT2D eigenvalue weighted by molar-refractivity contribution is 5.82. The molecule has 0 radical (unpaired) electrons. The van der Waals surface area contributed by atoms with Crippen molar-refractivity contribution in [1.82, 2.24) is 19.7 Å². The van der Waals surface area contributed by atoms with Gasteiger partial charge in [-0.3, -0.25) is 19.5 Å². The summed E-state index contributed by atoms with van der Waals surface area (Å²) in [4.78, 5) is 36.0. The van der Waals surface area contributed by atoms with Crippen molar-refractivity contribution in [1.29, 1.82) is 0 Å². The average Bonchev–Trinajstić information content (AvgIpc) is 2.72. The van der Waals surface area contributed by atoms with Crippen molar-refractivity contribution in [2.75, 3.05) is 33.2 Å². The van der Waals surface area contributed by atoms with Crippen LogP contribution >= 0.6 is 0 Å². The van der Waals surface area contributed by atoms with Crippen LogP contribution in [0.2, 0.25) is 0 Å². The fraction of sp³-hybridized carbons (Fsp3) is 0.682. The lowest BCUT2D eigenvalue weighted by Crippen LogP contribution is -2.55. The zero-order chi connectivity index (χ0) is 19.6. The number of likely N-dealkylation sites (tertiary alicyclic amines) is 3. The van der Waals surface area contributed by atoms with Crippen LogP contribution in [0.5, 0.6) is 0 Å². The quantitative estimate of drug-likeness (QED) is 0.802. The Morgan fingerprint density at radius 3 is 2.75 bits per heavy atom. The number of carbonyl (C=O) groups is 2. The highest BCUT2D eigenvalue weighted by Crippen LogP contribution is 2.41. The molecule has 1 aromatic heterocycles. The van der Waals surface area contributed by atoms with Gasteiger partial charge in [0.25, 0.3) is 0 Å². The Balaban J connectivity index is 1.36. The highest BCUT2D eigenvalue weighted by Gasteiger charge is 2.42. The van der Waals surface area contributed by atoms with Crippen LogP contribution in [-0.2, 0) is 16.1 Å². The molecule has 6 heteroatoms. The summed E-state index contributed by atoms with van der Waals surface area (Å²) in [6.45, 7) is 4.14. The van der Waals surface area contributed by atoms with Gasteiger partial charge in [-0.05, 0) is 62.7 Å². The van der Waals surface area contributed by atoms with E-state index in [1.807, 2.05) is 23.2 Å². The van der Waals surface area contributed by atoms with Gasteiger partial charge in [-0.2, -0.15) is 0 Å². The number of rotatable bonds is 3. The minimum Gasteiger partial charge on any atom is -0.341 e. The Bertz CT molecular complexity index is 700. The molecule has 1 atom stereocenters. The van der Waals surface area contributed by atoms with E-state index in [0.717, 1.165) is 63.8 Å². The van der Waals surface area contributed by atoms with Gasteiger partial charge in [0, 0.05) is 45.0 Å². The van der Waals surface area contributed by atoms with Crippen molar-refractivity contribution in [2.45, 2.75) is 57.5 Å². The number of piperidine rings is 3. The number of amides is 2. The standard InChI is InChI=1S/C22H32N4O2/c1-24-12-3-2-6-19(24)21(28)25-13-9-22(10-14-25)8-7-20(27)26(17-22)16-18-5-4-11-23-15-18/h4-5,11,15,19H,2-3,6-10,12-14,16-17H2,1H3/t19-/m0/s1. The lowest BCUT2D eigenvalue weighted by Gasteiger charge is -2.48. The monoisotopic (exact) mass is 384 g/mol. The molecule has 0 aromatic carbocycles. The van der Waals surface area contributed by atoms with E-state index in [-0.39, 0.29) is 17.4 Å². The summed E-state index contributed by atoms with van der Waals surface area (Å²) in [7, 11) is 2.08. The van der Waals surface area contributed by atoms with Crippen LogP contribution in [0.3, 0.4) is 0 Å².